The Kier molecular flexibility index (Phi) is 7.03. The highest BCUT2D eigenvalue weighted by molar-refractivity contribution is 5.96. The van der Waals surface area contributed by atoms with Crippen LogP contribution in [0.5, 0.6) is 11.8 Å². The first-order chi connectivity index (χ1) is 13.6. The molecule has 2 aromatic heterocycles. The molecule has 0 saturated heterocycles. The summed E-state index contributed by atoms with van der Waals surface area (Å²) in [5.74, 6) is -3.27. The van der Waals surface area contributed by atoms with E-state index in [4.69, 9.17) is 9.47 Å². The lowest BCUT2D eigenvalue weighted by Gasteiger charge is -2.14. The third-order valence-electron chi connectivity index (χ3n) is 3.54. The zero-order valence-corrected chi connectivity index (χ0v) is 16.5. The van der Waals surface area contributed by atoms with Gasteiger partial charge in [0.15, 0.2) is 6.61 Å². The van der Waals surface area contributed by atoms with E-state index >= 15 is 0 Å². The zero-order valence-electron chi connectivity index (χ0n) is 16.5. The van der Waals surface area contributed by atoms with Gasteiger partial charge in [-0.3, -0.25) is 9.59 Å². The number of aryl methyl sites for hydroxylation is 1. The molecule has 2 amide bonds. The second kappa shape index (κ2) is 9.26. The number of halogens is 2. The molecular weight excluding hydrogens is 386 g/mol. The second-order valence-corrected chi connectivity index (χ2v) is 6.42. The number of ether oxygens (including phenoxy) is 2. The Morgan fingerprint density at radius 3 is 2.55 bits per heavy atom. The van der Waals surface area contributed by atoms with Crippen LogP contribution in [0.4, 0.5) is 14.6 Å². The number of pyridine rings is 2. The fourth-order valence-electron chi connectivity index (χ4n) is 2.37. The van der Waals surface area contributed by atoms with Gasteiger partial charge in [-0.1, -0.05) is 0 Å². The summed E-state index contributed by atoms with van der Waals surface area (Å²) in [6, 6.07) is 6.02. The summed E-state index contributed by atoms with van der Waals surface area (Å²) < 4.78 is 35.9. The number of amides is 2. The predicted octanol–water partition coefficient (Wildman–Crippen LogP) is 2.72. The molecule has 0 aliphatic carbocycles. The number of methoxy groups -OCH3 is 1. The molecule has 2 rings (SSSR count). The van der Waals surface area contributed by atoms with Gasteiger partial charge in [-0.05, 0) is 25.1 Å². The van der Waals surface area contributed by atoms with Crippen molar-refractivity contribution in [2.75, 3.05) is 19.0 Å². The molecule has 10 heteroatoms. The van der Waals surface area contributed by atoms with E-state index in [0.29, 0.717) is 16.8 Å². The topological polar surface area (TPSA) is 102 Å². The highest BCUT2D eigenvalue weighted by Crippen LogP contribution is 2.22. The molecule has 0 fully saturated rings. The van der Waals surface area contributed by atoms with Crippen LogP contribution in [0, 0.1) is 6.92 Å². The van der Waals surface area contributed by atoms with E-state index in [1.165, 1.54) is 26.2 Å². The molecule has 8 nitrogen and oxygen atoms in total. The molecule has 0 aliphatic rings. The molecule has 2 N–H and O–H groups in total. The van der Waals surface area contributed by atoms with Crippen molar-refractivity contribution in [2.24, 2.45) is 0 Å². The quantitative estimate of drug-likeness (QED) is 0.696. The summed E-state index contributed by atoms with van der Waals surface area (Å²) in [7, 11) is 1.37. The summed E-state index contributed by atoms with van der Waals surface area (Å²) in [5, 5.41) is 5.25. The van der Waals surface area contributed by atoms with Gasteiger partial charge in [0.2, 0.25) is 17.7 Å². The van der Waals surface area contributed by atoms with Gasteiger partial charge >= 0.3 is 0 Å². The van der Waals surface area contributed by atoms with E-state index in [1.807, 2.05) is 0 Å². The van der Waals surface area contributed by atoms with Gasteiger partial charge < -0.3 is 20.1 Å². The monoisotopic (exact) mass is 408 g/mol. The van der Waals surface area contributed by atoms with E-state index in [-0.39, 0.29) is 30.0 Å². The number of rotatable bonds is 8. The second-order valence-electron chi connectivity index (χ2n) is 6.42. The predicted molar refractivity (Wildman–Crippen MR) is 101 cm³/mol. The maximum atomic E-state index is 12.9. The van der Waals surface area contributed by atoms with E-state index in [1.54, 1.807) is 19.1 Å². The number of anilines is 1. The molecular formula is C19H22F2N4O4. The van der Waals surface area contributed by atoms with E-state index in [2.05, 4.69) is 20.6 Å². The molecule has 156 valence electrons. The minimum atomic E-state index is -2.99. The molecule has 29 heavy (non-hydrogen) atoms. The Morgan fingerprint density at radius 1 is 1.21 bits per heavy atom. The molecule has 0 saturated carbocycles. The van der Waals surface area contributed by atoms with Gasteiger partial charge in [-0.2, -0.15) is 4.98 Å². The maximum Gasteiger partial charge on any atom is 0.278 e. The highest BCUT2D eigenvalue weighted by atomic mass is 19.3. The minimum Gasteiger partial charge on any atom is -0.481 e. The lowest BCUT2D eigenvalue weighted by molar-refractivity contribution is -0.114. The van der Waals surface area contributed by atoms with Crippen LogP contribution in [-0.4, -0.2) is 41.4 Å². The van der Waals surface area contributed by atoms with Crippen molar-refractivity contribution in [3.8, 4) is 11.8 Å². The molecule has 0 radical (unpaired) electrons. The van der Waals surface area contributed by atoms with Crippen LogP contribution in [0.2, 0.25) is 0 Å². The van der Waals surface area contributed by atoms with Crippen molar-refractivity contribution >= 4 is 17.6 Å². The first kappa shape index (κ1) is 22.0. The normalized spacial score (nSPS) is 11.0. The number of alkyl halides is 2. The summed E-state index contributed by atoms with van der Waals surface area (Å²) in [6.07, 6.45) is 0. The van der Waals surface area contributed by atoms with Crippen LogP contribution in [0.15, 0.2) is 24.3 Å². The molecule has 0 aliphatic heterocycles. The standard InChI is InChI=1S/C19H22F2N4O4/c1-11-7-14(8-15(23-11)24-12(2)26)17(27)22-9-13-5-6-16(25-18(13)28-4)29-10-19(3,20)21/h5-8H,9-10H2,1-4H3,(H,22,27)(H,23,24,26). The fraction of sp³-hybridized carbons (Fsp3) is 0.368. The van der Waals surface area contributed by atoms with Crippen molar-refractivity contribution in [2.45, 2.75) is 33.2 Å². The number of aromatic nitrogens is 2. The average Bonchev–Trinajstić information content (AvgIpc) is 2.63. The summed E-state index contributed by atoms with van der Waals surface area (Å²) >= 11 is 0. The number of nitrogens with zero attached hydrogens (tertiary/aromatic N) is 2. The Labute approximate surface area is 166 Å². The van der Waals surface area contributed by atoms with E-state index in [9.17, 15) is 18.4 Å². The largest absolute Gasteiger partial charge is 0.481 e. The van der Waals surface area contributed by atoms with Crippen LogP contribution >= 0.6 is 0 Å². The lowest BCUT2D eigenvalue weighted by Crippen LogP contribution is -2.24. The minimum absolute atomic E-state index is 0.0110. The maximum absolute atomic E-state index is 12.9. The van der Waals surface area contributed by atoms with Gasteiger partial charge in [0.1, 0.15) is 5.82 Å². The summed E-state index contributed by atoms with van der Waals surface area (Å²) in [6.45, 7) is 3.06. The molecule has 0 bridgehead atoms. The highest BCUT2D eigenvalue weighted by Gasteiger charge is 2.22. The molecule has 0 aromatic carbocycles. The van der Waals surface area contributed by atoms with Gasteiger partial charge in [-0.25, -0.2) is 13.8 Å². The third kappa shape index (κ3) is 6.98. The Morgan fingerprint density at radius 2 is 1.93 bits per heavy atom. The Bertz CT molecular complexity index is 900. The van der Waals surface area contributed by atoms with Gasteiger partial charge in [0.25, 0.3) is 11.8 Å². The molecule has 0 unspecified atom stereocenters. The summed E-state index contributed by atoms with van der Waals surface area (Å²) in [5.41, 5.74) is 1.41. The van der Waals surface area contributed by atoms with Crippen LogP contribution in [0.1, 0.15) is 35.5 Å². The van der Waals surface area contributed by atoms with Crippen molar-refractivity contribution in [3.63, 3.8) is 0 Å². The number of hydrogen-bond donors (Lipinski definition) is 2. The van der Waals surface area contributed by atoms with Gasteiger partial charge in [0.05, 0.1) is 7.11 Å². The Balaban J connectivity index is 2.08. The van der Waals surface area contributed by atoms with Crippen molar-refractivity contribution < 1.29 is 27.8 Å². The van der Waals surface area contributed by atoms with Gasteiger partial charge in [-0.15, -0.1) is 0 Å². The van der Waals surface area contributed by atoms with Crippen LogP contribution in [0.25, 0.3) is 0 Å². The molecule has 2 aromatic rings. The number of carbonyl (C=O) groups is 2. The Hall–Kier alpha value is -3.30. The molecule has 2 heterocycles. The third-order valence-corrected chi connectivity index (χ3v) is 3.54. The van der Waals surface area contributed by atoms with E-state index in [0.717, 1.165) is 6.92 Å². The van der Waals surface area contributed by atoms with Crippen molar-refractivity contribution in [1.82, 2.24) is 15.3 Å². The SMILES string of the molecule is COc1nc(OCC(C)(F)F)ccc1CNC(=O)c1cc(C)nc(NC(C)=O)c1. The lowest BCUT2D eigenvalue weighted by atomic mass is 10.2. The number of carbonyl (C=O) groups excluding carboxylic acids is 2. The first-order valence-electron chi connectivity index (χ1n) is 8.66. The number of nitrogens with one attached hydrogen (secondary N) is 2. The number of hydrogen-bond acceptors (Lipinski definition) is 6. The molecule has 0 atom stereocenters. The zero-order chi connectivity index (χ0) is 21.6. The average molecular weight is 408 g/mol. The fourth-order valence-corrected chi connectivity index (χ4v) is 2.37. The smallest absolute Gasteiger partial charge is 0.278 e. The van der Waals surface area contributed by atoms with E-state index < -0.39 is 18.4 Å². The van der Waals surface area contributed by atoms with Crippen molar-refractivity contribution in [3.05, 3.63) is 41.1 Å². The van der Waals surface area contributed by atoms with Gasteiger partial charge in [0, 0.05) is 43.3 Å². The van der Waals surface area contributed by atoms with Crippen LogP contribution < -0.4 is 20.1 Å². The first-order valence-corrected chi connectivity index (χ1v) is 8.66. The van der Waals surface area contributed by atoms with Crippen LogP contribution in [0.3, 0.4) is 0 Å². The molecule has 0 spiro atoms. The van der Waals surface area contributed by atoms with Crippen LogP contribution in [-0.2, 0) is 11.3 Å². The van der Waals surface area contributed by atoms with Crippen molar-refractivity contribution in [1.29, 1.82) is 0 Å². The summed E-state index contributed by atoms with van der Waals surface area (Å²) in [4.78, 5) is 31.8.